The van der Waals surface area contributed by atoms with Crippen LogP contribution >= 0.6 is 11.8 Å². The molecule has 174 valence electrons. The third-order valence-electron chi connectivity index (χ3n) is 6.37. The summed E-state index contributed by atoms with van der Waals surface area (Å²) in [6, 6.07) is 24.4. The number of amides is 2. The van der Waals surface area contributed by atoms with E-state index in [1.165, 1.54) is 6.07 Å². The third-order valence-corrected chi connectivity index (χ3v) is 7.62. The van der Waals surface area contributed by atoms with Gasteiger partial charge in [-0.2, -0.15) is 0 Å². The quantitative estimate of drug-likeness (QED) is 0.543. The number of thioether (sulfide) groups is 1. The fourth-order valence-electron chi connectivity index (χ4n) is 4.51. The van der Waals surface area contributed by atoms with Crippen LogP contribution in [0.5, 0.6) is 0 Å². The van der Waals surface area contributed by atoms with Crippen LogP contribution in [-0.2, 0) is 11.3 Å². The molecule has 2 amide bonds. The van der Waals surface area contributed by atoms with Gasteiger partial charge < -0.3 is 14.7 Å². The van der Waals surface area contributed by atoms with E-state index in [9.17, 15) is 14.0 Å². The van der Waals surface area contributed by atoms with Crippen LogP contribution in [0.25, 0.3) is 0 Å². The molecule has 2 saturated heterocycles. The summed E-state index contributed by atoms with van der Waals surface area (Å²) in [6.45, 7) is 2.86. The van der Waals surface area contributed by atoms with Crippen LogP contribution < -0.4 is 4.90 Å². The van der Waals surface area contributed by atoms with Crippen LogP contribution in [0, 0.1) is 5.82 Å². The summed E-state index contributed by atoms with van der Waals surface area (Å²) in [5.41, 5.74) is 3.34. The van der Waals surface area contributed by atoms with Crippen molar-refractivity contribution in [2.45, 2.75) is 11.9 Å². The maximum absolute atomic E-state index is 14.1. The first-order valence-corrected chi connectivity index (χ1v) is 12.5. The van der Waals surface area contributed by atoms with Crippen molar-refractivity contribution in [1.82, 2.24) is 9.80 Å². The Kier molecular flexibility index (Phi) is 6.54. The van der Waals surface area contributed by atoms with Crippen molar-refractivity contribution in [2.24, 2.45) is 0 Å². The van der Waals surface area contributed by atoms with Gasteiger partial charge in [0.05, 0.1) is 11.4 Å². The van der Waals surface area contributed by atoms with Gasteiger partial charge >= 0.3 is 0 Å². The Morgan fingerprint density at radius 2 is 1.56 bits per heavy atom. The van der Waals surface area contributed by atoms with Gasteiger partial charge in [-0.15, -0.1) is 11.8 Å². The number of anilines is 1. The average molecular weight is 476 g/mol. The molecule has 7 heteroatoms. The molecule has 5 rings (SSSR count). The van der Waals surface area contributed by atoms with E-state index < -0.39 is 0 Å². The SMILES string of the molecule is O=C(c1ccc([C@@H]2SCC(=O)N2Cc2ccccc2)cc1)N1CCN(c2ccccc2F)CC1. The molecular formula is C27H26FN3O2S. The van der Waals surface area contributed by atoms with Gasteiger partial charge in [0.2, 0.25) is 5.91 Å². The Morgan fingerprint density at radius 3 is 2.26 bits per heavy atom. The minimum absolute atomic E-state index is 0.0176. The number of hydrogen-bond donors (Lipinski definition) is 0. The molecule has 0 aromatic heterocycles. The first kappa shape index (κ1) is 22.5. The number of benzene rings is 3. The van der Waals surface area contributed by atoms with Crippen LogP contribution in [0.4, 0.5) is 10.1 Å². The second-order valence-electron chi connectivity index (χ2n) is 8.52. The highest BCUT2D eigenvalue weighted by atomic mass is 32.2. The van der Waals surface area contributed by atoms with Gasteiger partial charge in [0, 0.05) is 38.3 Å². The molecule has 0 bridgehead atoms. The Bertz CT molecular complexity index is 1160. The lowest BCUT2D eigenvalue weighted by atomic mass is 10.1. The van der Waals surface area contributed by atoms with E-state index >= 15 is 0 Å². The summed E-state index contributed by atoms with van der Waals surface area (Å²) in [7, 11) is 0. The Hall–Kier alpha value is -3.32. The van der Waals surface area contributed by atoms with Gasteiger partial charge in [-0.05, 0) is 35.4 Å². The zero-order chi connectivity index (χ0) is 23.5. The predicted molar refractivity (Wildman–Crippen MR) is 133 cm³/mol. The Balaban J connectivity index is 1.23. The molecule has 2 aliphatic heterocycles. The summed E-state index contributed by atoms with van der Waals surface area (Å²) in [5.74, 6) is 0.343. The molecule has 3 aromatic carbocycles. The third kappa shape index (κ3) is 4.66. The Morgan fingerprint density at radius 1 is 0.882 bits per heavy atom. The molecule has 2 aliphatic rings. The molecule has 0 saturated carbocycles. The highest BCUT2D eigenvalue weighted by molar-refractivity contribution is 8.00. The Labute approximate surface area is 203 Å². The van der Waals surface area contributed by atoms with Crippen molar-refractivity contribution in [1.29, 1.82) is 0 Å². The molecule has 2 fully saturated rings. The summed E-state index contributed by atoms with van der Waals surface area (Å²) in [4.78, 5) is 31.3. The highest BCUT2D eigenvalue weighted by Gasteiger charge is 2.33. The zero-order valence-corrected chi connectivity index (χ0v) is 19.6. The van der Waals surface area contributed by atoms with Crippen LogP contribution in [0.1, 0.15) is 26.9 Å². The van der Waals surface area contributed by atoms with Crippen molar-refractivity contribution < 1.29 is 14.0 Å². The maximum atomic E-state index is 14.1. The van der Waals surface area contributed by atoms with E-state index in [0.29, 0.717) is 49.7 Å². The number of carbonyl (C=O) groups excluding carboxylic acids is 2. The van der Waals surface area contributed by atoms with Crippen molar-refractivity contribution in [3.8, 4) is 0 Å². The van der Waals surface area contributed by atoms with Crippen molar-refractivity contribution in [2.75, 3.05) is 36.8 Å². The first-order chi connectivity index (χ1) is 16.6. The van der Waals surface area contributed by atoms with E-state index in [0.717, 1.165) is 11.1 Å². The fraction of sp³-hybridized carbons (Fsp3) is 0.259. The van der Waals surface area contributed by atoms with Crippen LogP contribution in [0.15, 0.2) is 78.9 Å². The van der Waals surface area contributed by atoms with E-state index in [1.54, 1.807) is 23.9 Å². The molecule has 3 aromatic rings. The summed E-state index contributed by atoms with van der Waals surface area (Å²) in [5, 5.41) is -0.0545. The van der Waals surface area contributed by atoms with Crippen molar-refractivity contribution in [3.63, 3.8) is 0 Å². The minimum atomic E-state index is -0.234. The van der Waals surface area contributed by atoms with Gasteiger partial charge in [-0.25, -0.2) is 4.39 Å². The average Bonchev–Trinajstić information content (AvgIpc) is 3.24. The van der Waals surface area contributed by atoms with Crippen LogP contribution in [-0.4, -0.2) is 53.5 Å². The highest BCUT2D eigenvalue weighted by Crippen LogP contribution is 2.39. The van der Waals surface area contributed by atoms with Gasteiger partial charge in [0.25, 0.3) is 5.91 Å². The second-order valence-corrected chi connectivity index (χ2v) is 9.59. The van der Waals surface area contributed by atoms with Crippen LogP contribution in [0.2, 0.25) is 0 Å². The maximum Gasteiger partial charge on any atom is 0.253 e. The zero-order valence-electron chi connectivity index (χ0n) is 18.8. The van der Waals surface area contributed by atoms with E-state index in [4.69, 9.17) is 0 Å². The molecule has 0 radical (unpaired) electrons. The normalized spacial score (nSPS) is 18.4. The summed E-state index contributed by atoms with van der Waals surface area (Å²) in [6.07, 6.45) is 0. The van der Waals surface area contributed by atoms with Crippen LogP contribution in [0.3, 0.4) is 0 Å². The lowest BCUT2D eigenvalue weighted by molar-refractivity contribution is -0.128. The lowest BCUT2D eigenvalue weighted by Crippen LogP contribution is -2.49. The van der Waals surface area contributed by atoms with Gasteiger partial charge in [-0.1, -0.05) is 54.6 Å². The van der Waals surface area contributed by atoms with Crippen molar-refractivity contribution >= 4 is 29.3 Å². The molecule has 34 heavy (non-hydrogen) atoms. The number of para-hydroxylation sites is 1. The number of rotatable bonds is 5. The molecule has 1 atom stereocenters. The number of nitrogens with zero attached hydrogens (tertiary/aromatic N) is 3. The van der Waals surface area contributed by atoms with Gasteiger partial charge in [0.15, 0.2) is 0 Å². The topological polar surface area (TPSA) is 43.9 Å². The number of hydrogen-bond acceptors (Lipinski definition) is 4. The molecule has 0 spiro atoms. The monoisotopic (exact) mass is 475 g/mol. The number of piperazine rings is 1. The molecule has 0 unspecified atom stereocenters. The molecular weight excluding hydrogens is 449 g/mol. The standard InChI is InChI=1S/C27H26FN3O2S/c28-23-8-4-5-9-24(23)29-14-16-30(17-15-29)26(33)21-10-12-22(13-11-21)27-31(25(32)19-34-27)18-20-6-2-1-3-7-20/h1-13,27H,14-19H2/t27-/m0/s1. The minimum Gasteiger partial charge on any atom is -0.366 e. The molecule has 0 aliphatic carbocycles. The molecule has 5 nitrogen and oxygen atoms in total. The summed E-state index contributed by atoms with van der Waals surface area (Å²) >= 11 is 1.62. The largest absolute Gasteiger partial charge is 0.366 e. The second kappa shape index (κ2) is 9.89. The number of carbonyl (C=O) groups is 2. The number of halogens is 1. The van der Waals surface area contributed by atoms with E-state index in [2.05, 4.69) is 0 Å². The smallest absolute Gasteiger partial charge is 0.253 e. The summed E-state index contributed by atoms with van der Waals surface area (Å²) < 4.78 is 14.1. The van der Waals surface area contributed by atoms with E-state index in [1.807, 2.05) is 75.4 Å². The fourth-order valence-corrected chi connectivity index (χ4v) is 5.70. The van der Waals surface area contributed by atoms with Gasteiger partial charge in [0.1, 0.15) is 11.2 Å². The van der Waals surface area contributed by atoms with Gasteiger partial charge in [-0.3, -0.25) is 9.59 Å². The molecule has 2 heterocycles. The molecule has 0 N–H and O–H groups in total. The first-order valence-electron chi connectivity index (χ1n) is 11.4. The lowest BCUT2D eigenvalue weighted by Gasteiger charge is -2.36. The van der Waals surface area contributed by atoms with E-state index in [-0.39, 0.29) is 23.0 Å². The van der Waals surface area contributed by atoms with Crippen molar-refractivity contribution in [3.05, 3.63) is 101 Å². The predicted octanol–water partition coefficient (Wildman–Crippen LogP) is 4.56.